The van der Waals surface area contributed by atoms with Gasteiger partial charge in [0.15, 0.2) is 11.8 Å². The van der Waals surface area contributed by atoms with E-state index in [0.717, 1.165) is 29.5 Å². The first-order chi connectivity index (χ1) is 18.0. The number of amides is 1. The lowest BCUT2D eigenvalue weighted by molar-refractivity contribution is -0.216. The molecule has 1 aliphatic heterocycles. The third-order valence-electron chi connectivity index (χ3n) is 8.13. The van der Waals surface area contributed by atoms with Crippen LogP contribution in [-0.4, -0.2) is 29.2 Å². The molecule has 37 heavy (non-hydrogen) atoms. The summed E-state index contributed by atoms with van der Waals surface area (Å²) in [5, 5.41) is 0. The van der Waals surface area contributed by atoms with E-state index < -0.39 is 11.8 Å². The molecule has 3 aromatic carbocycles. The number of carbonyl (C=O) groups is 1. The summed E-state index contributed by atoms with van der Waals surface area (Å²) in [4.78, 5) is 21.0. The molecule has 1 amide bonds. The second kappa shape index (κ2) is 11.0. The normalized spacial score (nSPS) is 28.0. The monoisotopic (exact) mass is 494 g/mol. The molecule has 5 rings (SSSR count). The minimum atomic E-state index is -0.924. The van der Waals surface area contributed by atoms with Crippen molar-refractivity contribution in [2.24, 2.45) is 22.7 Å². The SMILES string of the molecule is CC(C)[C@@H]1CC[C@@H](C)C[C@H]1O[C@H]1C(=O)N(Cc2ccccc2)[C@]1(/N=C/c1ccccc1)c1ccccc1. The molecule has 1 heterocycles. The molecule has 1 saturated heterocycles. The predicted molar refractivity (Wildman–Crippen MR) is 149 cm³/mol. The van der Waals surface area contributed by atoms with Crippen LogP contribution in [0.5, 0.6) is 0 Å². The minimum Gasteiger partial charge on any atom is -0.360 e. The Bertz CT molecular complexity index is 1190. The van der Waals surface area contributed by atoms with E-state index in [1.54, 1.807) is 0 Å². The molecule has 0 aromatic heterocycles. The van der Waals surface area contributed by atoms with Crippen LogP contribution in [0.1, 0.15) is 56.7 Å². The number of nitrogens with zero attached hydrogens (tertiary/aromatic N) is 2. The third kappa shape index (κ3) is 5.13. The van der Waals surface area contributed by atoms with Gasteiger partial charge in [-0.15, -0.1) is 0 Å². The molecule has 0 bridgehead atoms. The molecule has 0 radical (unpaired) electrons. The minimum absolute atomic E-state index is 0.0126. The van der Waals surface area contributed by atoms with Gasteiger partial charge in [0, 0.05) is 18.3 Å². The topological polar surface area (TPSA) is 41.9 Å². The Balaban J connectivity index is 1.58. The number of β-lactam (4-membered cyclic amide) rings is 1. The van der Waals surface area contributed by atoms with Gasteiger partial charge in [-0.1, -0.05) is 118 Å². The average Bonchev–Trinajstić information content (AvgIpc) is 2.93. The van der Waals surface area contributed by atoms with E-state index in [1.165, 1.54) is 6.42 Å². The summed E-state index contributed by atoms with van der Waals surface area (Å²) in [5.41, 5.74) is 2.14. The van der Waals surface area contributed by atoms with Gasteiger partial charge >= 0.3 is 0 Å². The van der Waals surface area contributed by atoms with Crippen LogP contribution < -0.4 is 0 Å². The highest BCUT2D eigenvalue weighted by Crippen LogP contribution is 2.48. The summed E-state index contributed by atoms with van der Waals surface area (Å²) in [7, 11) is 0. The van der Waals surface area contributed by atoms with E-state index in [1.807, 2.05) is 77.8 Å². The third-order valence-corrected chi connectivity index (χ3v) is 8.13. The summed E-state index contributed by atoms with van der Waals surface area (Å²) in [5.74, 6) is 1.55. The Kier molecular flexibility index (Phi) is 7.57. The van der Waals surface area contributed by atoms with Crippen molar-refractivity contribution >= 4 is 12.1 Å². The van der Waals surface area contributed by atoms with Crippen LogP contribution in [0.2, 0.25) is 0 Å². The summed E-state index contributed by atoms with van der Waals surface area (Å²) >= 11 is 0. The second-order valence-electron chi connectivity index (χ2n) is 11.1. The first kappa shape index (κ1) is 25.4. The number of hydrogen-bond acceptors (Lipinski definition) is 3. The van der Waals surface area contributed by atoms with Crippen molar-refractivity contribution in [2.75, 3.05) is 0 Å². The zero-order chi connectivity index (χ0) is 25.8. The molecule has 192 valence electrons. The molecule has 0 N–H and O–H groups in total. The van der Waals surface area contributed by atoms with Crippen LogP contribution in [0.4, 0.5) is 0 Å². The highest BCUT2D eigenvalue weighted by Gasteiger charge is 2.63. The number of hydrogen-bond donors (Lipinski definition) is 0. The van der Waals surface area contributed by atoms with E-state index in [-0.39, 0.29) is 12.0 Å². The van der Waals surface area contributed by atoms with Crippen molar-refractivity contribution in [3.8, 4) is 0 Å². The zero-order valence-electron chi connectivity index (χ0n) is 22.2. The van der Waals surface area contributed by atoms with Gasteiger partial charge in [0.25, 0.3) is 5.91 Å². The van der Waals surface area contributed by atoms with E-state index in [0.29, 0.717) is 24.3 Å². The molecule has 4 heteroatoms. The predicted octanol–water partition coefficient (Wildman–Crippen LogP) is 6.85. The van der Waals surface area contributed by atoms with E-state index in [4.69, 9.17) is 9.73 Å². The van der Waals surface area contributed by atoms with Gasteiger partial charge in [-0.2, -0.15) is 0 Å². The van der Waals surface area contributed by atoms with Crippen LogP contribution in [0.3, 0.4) is 0 Å². The molecule has 2 fully saturated rings. The smallest absolute Gasteiger partial charge is 0.259 e. The molecule has 3 aromatic rings. The molecule has 1 aliphatic carbocycles. The van der Waals surface area contributed by atoms with Gasteiger partial charge in [0.2, 0.25) is 0 Å². The van der Waals surface area contributed by atoms with Gasteiger partial charge in [0.05, 0.1) is 6.10 Å². The standard InChI is InChI=1S/C33H38N2O2/c1-24(2)29-20-19-25(3)21-30(29)37-31-32(36)35(23-27-15-9-5-10-16-27)33(31,28-17-11-6-12-18-28)34-22-26-13-7-4-8-14-26/h4-18,22,24-25,29-31H,19-21,23H2,1-3H3/b34-22+/t25-,29+,30-,31+,33-/m1/s1. The molecule has 4 nitrogen and oxygen atoms in total. The second-order valence-corrected chi connectivity index (χ2v) is 11.1. The first-order valence-corrected chi connectivity index (χ1v) is 13.7. The van der Waals surface area contributed by atoms with E-state index >= 15 is 0 Å². The Morgan fingerprint density at radius 3 is 2.22 bits per heavy atom. The van der Waals surface area contributed by atoms with Crippen LogP contribution in [0, 0.1) is 17.8 Å². The Labute approximate surface area is 221 Å². The summed E-state index contributed by atoms with van der Waals surface area (Å²) < 4.78 is 6.91. The average molecular weight is 495 g/mol. The number of benzene rings is 3. The number of ether oxygens (including phenoxy) is 1. The highest BCUT2D eigenvalue weighted by atomic mass is 16.5. The van der Waals surface area contributed by atoms with Crippen molar-refractivity contribution in [3.05, 3.63) is 108 Å². The Hall–Kier alpha value is -3.24. The summed E-state index contributed by atoms with van der Waals surface area (Å²) in [6, 6.07) is 30.5. The van der Waals surface area contributed by atoms with E-state index in [9.17, 15) is 4.79 Å². The summed E-state index contributed by atoms with van der Waals surface area (Å²) in [6.45, 7) is 7.34. The van der Waals surface area contributed by atoms with Gasteiger partial charge in [-0.05, 0) is 41.7 Å². The first-order valence-electron chi connectivity index (χ1n) is 13.7. The Morgan fingerprint density at radius 2 is 1.57 bits per heavy atom. The fourth-order valence-electron chi connectivity index (χ4n) is 6.04. The molecule has 2 aliphatic rings. The number of carbonyl (C=O) groups excluding carboxylic acids is 1. The lowest BCUT2D eigenvalue weighted by atomic mass is 9.74. The number of likely N-dealkylation sites (tertiary alicyclic amines) is 1. The van der Waals surface area contributed by atoms with Crippen LogP contribution in [-0.2, 0) is 21.7 Å². The van der Waals surface area contributed by atoms with E-state index in [2.05, 4.69) is 45.0 Å². The van der Waals surface area contributed by atoms with Crippen molar-refractivity contribution in [2.45, 2.75) is 64.4 Å². The highest BCUT2D eigenvalue weighted by molar-refractivity contribution is 5.92. The molecular weight excluding hydrogens is 456 g/mol. The van der Waals surface area contributed by atoms with Crippen LogP contribution >= 0.6 is 0 Å². The largest absolute Gasteiger partial charge is 0.360 e. The quantitative estimate of drug-likeness (QED) is 0.254. The number of aliphatic imine (C=N–C) groups is 1. The van der Waals surface area contributed by atoms with Gasteiger partial charge < -0.3 is 9.64 Å². The molecule has 0 spiro atoms. The van der Waals surface area contributed by atoms with Crippen molar-refractivity contribution in [1.29, 1.82) is 0 Å². The van der Waals surface area contributed by atoms with Gasteiger partial charge in [-0.25, -0.2) is 0 Å². The van der Waals surface area contributed by atoms with Crippen LogP contribution in [0.25, 0.3) is 0 Å². The maximum absolute atomic E-state index is 13.9. The van der Waals surface area contributed by atoms with Crippen molar-refractivity contribution < 1.29 is 9.53 Å². The fraction of sp³-hybridized carbons (Fsp3) is 0.394. The fourth-order valence-corrected chi connectivity index (χ4v) is 6.04. The lowest BCUT2D eigenvalue weighted by Gasteiger charge is -2.56. The molecule has 0 unspecified atom stereocenters. The lowest BCUT2D eigenvalue weighted by Crippen LogP contribution is -2.72. The van der Waals surface area contributed by atoms with Crippen molar-refractivity contribution in [3.63, 3.8) is 0 Å². The maximum atomic E-state index is 13.9. The number of rotatable bonds is 8. The Morgan fingerprint density at radius 1 is 0.946 bits per heavy atom. The maximum Gasteiger partial charge on any atom is 0.259 e. The summed E-state index contributed by atoms with van der Waals surface area (Å²) in [6.07, 6.45) is 4.64. The molecular formula is C33H38N2O2. The van der Waals surface area contributed by atoms with Crippen LogP contribution in [0.15, 0.2) is 96.0 Å². The van der Waals surface area contributed by atoms with Gasteiger partial charge in [-0.3, -0.25) is 9.79 Å². The van der Waals surface area contributed by atoms with Gasteiger partial charge in [0.1, 0.15) is 0 Å². The zero-order valence-corrected chi connectivity index (χ0v) is 22.2. The molecule has 1 saturated carbocycles. The van der Waals surface area contributed by atoms with Crippen molar-refractivity contribution in [1.82, 2.24) is 4.90 Å². The molecule has 5 atom stereocenters.